The zero-order valence-electron chi connectivity index (χ0n) is 18.0. The molecule has 0 saturated carbocycles. The molecule has 0 aliphatic carbocycles. The normalized spacial score (nSPS) is 14.6. The number of ether oxygens (including phenoxy) is 1. The van der Waals surface area contributed by atoms with E-state index in [0.717, 1.165) is 4.90 Å². The van der Waals surface area contributed by atoms with Gasteiger partial charge in [-0.05, 0) is 42.5 Å². The quantitative estimate of drug-likeness (QED) is 0.370. The van der Waals surface area contributed by atoms with Crippen LogP contribution < -0.4 is 20.3 Å². The van der Waals surface area contributed by atoms with Gasteiger partial charge in [0.25, 0.3) is 17.7 Å². The molecule has 3 aromatic rings. The van der Waals surface area contributed by atoms with Crippen molar-refractivity contribution in [2.75, 3.05) is 16.8 Å². The number of amides is 5. The Balaban J connectivity index is 1.57. The lowest BCUT2D eigenvalue weighted by Gasteiger charge is -2.26. The summed E-state index contributed by atoms with van der Waals surface area (Å²) < 4.78 is 5.63. The van der Waals surface area contributed by atoms with Crippen molar-refractivity contribution in [3.63, 3.8) is 0 Å². The Morgan fingerprint density at radius 1 is 0.943 bits per heavy atom. The Morgan fingerprint density at radius 3 is 2.40 bits per heavy atom. The summed E-state index contributed by atoms with van der Waals surface area (Å²) in [5.74, 6) is -1.84. The van der Waals surface area contributed by atoms with Gasteiger partial charge in [-0.3, -0.25) is 19.7 Å². The third-order valence-corrected chi connectivity index (χ3v) is 5.64. The van der Waals surface area contributed by atoms with Crippen LogP contribution in [0.25, 0.3) is 6.08 Å². The first-order chi connectivity index (χ1) is 16.8. The second kappa shape index (κ2) is 10.4. The molecule has 0 unspecified atom stereocenters. The Hall–Kier alpha value is -4.14. The van der Waals surface area contributed by atoms with Crippen LogP contribution in [0.5, 0.6) is 5.75 Å². The maximum atomic E-state index is 13.1. The molecule has 0 radical (unpaired) electrons. The van der Waals surface area contributed by atoms with E-state index in [1.165, 1.54) is 24.3 Å². The molecule has 1 heterocycles. The minimum Gasteiger partial charge on any atom is -0.483 e. The van der Waals surface area contributed by atoms with E-state index in [9.17, 15) is 19.2 Å². The molecular formula is C25H17Cl2N3O5. The molecule has 35 heavy (non-hydrogen) atoms. The molecule has 0 spiro atoms. The van der Waals surface area contributed by atoms with Gasteiger partial charge >= 0.3 is 6.03 Å². The van der Waals surface area contributed by atoms with Crippen LogP contribution >= 0.6 is 23.2 Å². The molecule has 3 aromatic carbocycles. The van der Waals surface area contributed by atoms with Crippen LogP contribution in [0.3, 0.4) is 0 Å². The van der Waals surface area contributed by atoms with Gasteiger partial charge in [-0.1, -0.05) is 59.6 Å². The lowest BCUT2D eigenvalue weighted by atomic mass is 10.1. The highest BCUT2D eigenvalue weighted by atomic mass is 35.5. The van der Waals surface area contributed by atoms with Gasteiger partial charge in [0.15, 0.2) is 6.61 Å². The highest BCUT2D eigenvalue weighted by Crippen LogP contribution is 2.30. The van der Waals surface area contributed by atoms with Crippen LogP contribution in [0.2, 0.25) is 10.0 Å². The topological polar surface area (TPSA) is 105 Å². The lowest BCUT2D eigenvalue weighted by Crippen LogP contribution is -2.54. The number of benzene rings is 3. The van der Waals surface area contributed by atoms with Crippen molar-refractivity contribution in [1.82, 2.24) is 5.32 Å². The summed E-state index contributed by atoms with van der Waals surface area (Å²) in [6, 6.07) is 18.7. The summed E-state index contributed by atoms with van der Waals surface area (Å²) in [7, 11) is 0. The largest absolute Gasteiger partial charge is 0.483 e. The number of hydrogen-bond donors (Lipinski definition) is 2. The van der Waals surface area contributed by atoms with E-state index in [1.807, 2.05) is 6.07 Å². The fraction of sp³-hybridized carbons (Fsp3) is 0.0400. The zero-order chi connectivity index (χ0) is 24.9. The predicted octanol–water partition coefficient (Wildman–Crippen LogP) is 4.68. The Bertz CT molecular complexity index is 1360. The van der Waals surface area contributed by atoms with Crippen molar-refractivity contribution in [2.24, 2.45) is 0 Å². The molecule has 8 nitrogen and oxygen atoms in total. The fourth-order valence-electron chi connectivity index (χ4n) is 3.26. The first-order valence-electron chi connectivity index (χ1n) is 10.3. The minimum atomic E-state index is -0.919. The van der Waals surface area contributed by atoms with Gasteiger partial charge in [0, 0.05) is 11.3 Å². The number of anilines is 2. The number of carbonyl (C=O) groups excluding carboxylic acids is 4. The average molecular weight is 510 g/mol. The first-order valence-corrected chi connectivity index (χ1v) is 11.0. The number of imide groups is 2. The van der Waals surface area contributed by atoms with E-state index in [0.29, 0.717) is 11.3 Å². The molecule has 2 N–H and O–H groups in total. The number of barbiturate groups is 1. The van der Waals surface area contributed by atoms with Gasteiger partial charge in [-0.25, -0.2) is 9.69 Å². The minimum absolute atomic E-state index is 0.139. The summed E-state index contributed by atoms with van der Waals surface area (Å²) in [5, 5.41) is 5.22. The van der Waals surface area contributed by atoms with E-state index >= 15 is 0 Å². The number of urea groups is 1. The number of rotatable bonds is 6. The highest BCUT2D eigenvalue weighted by molar-refractivity contribution is 6.43. The molecule has 1 aliphatic heterocycles. The Morgan fingerprint density at radius 2 is 1.66 bits per heavy atom. The molecule has 5 amide bonds. The van der Waals surface area contributed by atoms with E-state index in [2.05, 4.69) is 10.6 Å². The zero-order valence-corrected chi connectivity index (χ0v) is 19.5. The second-order valence-electron chi connectivity index (χ2n) is 7.30. The molecule has 0 bridgehead atoms. The van der Waals surface area contributed by atoms with Crippen LogP contribution in [-0.4, -0.2) is 30.4 Å². The third kappa shape index (κ3) is 5.51. The molecule has 0 atom stereocenters. The van der Waals surface area contributed by atoms with Crippen molar-refractivity contribution in [3.05, 3.63) is 94.0 Å². The summed E-state index contributed by atoms with van der Waals surface area (Å²) in [6.07, 6.45) is 1.29. The van der Waals surface area contributed by atoms with Gasteiger partial charge in [0.05, 0.1) is 15.7 Å². The first kappa shape index (κ1) is 24.0. The molecule has 176 valence electrons. The van der Waals surface area contributed by atoms with Crippen LogP contribution in [-0.2, 0) is 14.4 Å². The van der Waals surface area contributed by atoms with E-state index in [1.54, 1.807) is 48.5 Å². The molecule has 1 saturated heterocycles. The summed E-state index contributed by atoms with van der Waals surface area (Å²) in [5.41, 5.74) is 0.817. The Labute approximate surface area is 210 Å². The van der Waals surface area contributed by atoms with Crippen LogP contribution in [0.4, 0.5) is 16.2 Å². The number of para-hydroxylation sites is 2. The van der Waals surface area contributed by atoms with Crippen LogP contribution in [0.15, 0.2) is 78.4 Å². The second-order valence-corrected chi connectivity index (χ2v) is 8.11. The number of nitrogens with zero attached hydrogens (tertiary/aromatic N) is 1. The smallest absolute Gasteiger partial charge is 0.335 e. The molecule has 4 rings (SSSR count). The summed E-state index contributed by atoms with van der Waals surface area (Å²) >= 11 is 11.9. The van der Waals surface area contributed by atoms with Crippen LogP contribution in [0, 0.1) is 0 Å². The lowest BCUT2D eigenvalue weighted by molar-refractivity contribution is -0.122. The SMILES string of the molecule is O=C(COc1ccccc1/C=C1\C(=O)NC(=O)N(c2ccc(Cl)c(Cl)c2)C1=O)Nc1ccccc1. The molecule has 1 fully saturated rings. The van der Waals surface area contributed by atoms with E-state index in [-0.39, 0.29) is 39.6 Å². The van der Waals surface area contributed by atoms with E-state index in [4.69, 9.17) is 27.9 Å². The number of hydrogen-bond acceptors (Lipinski definition) is 5. The highest BCUT2D eigenvalue weighted by Gasteiger charge is 2.37. The maximum Gasteiger partial charge on any atom is 0.335 e. The molecule has 10 heteroatoms. The number of nitrogens with one attached hydrogen (secondary N) is 2. The van der Waals surface area contributed by atoms with Crippen molar-refractivity contribution >= 4 is 64.4 Å². The van der Waals surface area contributed by atoms with Crippen LogP contribution in [0.1, 0.15) is 5.56 Å². The van der Waals surface area contributed by atoms with Crippen molar-refractivity contribution in [3.8, 4) is 5.75 Å². The Kier molecular flexibility index (Phi) is 7.14. The van der Waals surface area contributed by atoms with Crippen molar-refractivity contribution in [1.29, 1.82) is 0 Å². The molecule has 1 aliphatic rings. The standard InChI is InChI=1S/C25H17Cl2N3O5/c26-19-11-10-17(13-20(19)27)30-24(33)18(23(32)29-25(30)34)12-15-6-4-5-9-21(15)35-14-22(31)28-16-7-2-1-3-8-16/h1-13H,14H2,(H,28,31)(H,29,32,34)/b18-12+. The van der Waals surface area contributed by atoms with Gasteiger partial charge in [0.2, 0.25) is 0 Å². The van der Waals surface area contributed by atoms with Gasteiger partial charge in [-0.2, -0.15) is 0 Å². The van der Waals surface area contributed by atoms with E-state index < -0.39 is 17.8 Å². The van der Waals surface area contributed by atoms with Gasteiger partial charge in [-0.15, -0.1) is 0 Å². The van der Waals surface area contributed by atoms with Crippen molar-refractivity contribution in [2.45, 2.75) is 0 Å². The predicted molar refractivity (Wildman–Crippen MR) is 132 cm³/mol. The van der Waals surface area contributed by atoms with Crippen molar-refractivity contribution < 1.29 is 23.9 Å². The fourth-order valence-corrected chi connectivity index (χ4v) is 3.56. The molecular weight excluding hydrogens is 493 g/mol. The number of carbonyl (C=O) groups is 4. The third-order valence-electron chi connectivity index (χ3n) is 4.90. The van der Waals surface area contributed by atoms with Gasteiger partial charge < -0.3 is 10.1 Å². The monoisotopic (exact) mass is 509 g/mol. The number of halogens is 2. The summed E-state index contributed by atoms with van der Waals surface area (Å²) in [6.45, 7) is -0.302. The average Bonchev–Trinajstić information content (AvgIpc) is 2.84. The molecule has 0 aromatic heterocycles. The van der Waals surface area contributed by atoms with Gasteiger partial charge in [0.1, 0.15) is 11.3 Å². The maximum absolute atomic E-state index is 13.1. The summed E-state index contributed by atoms with van der Waals surface area (Å²) in [4.78, 5) is 51.1.